The van der Waals surface area contributed by atoms with Gasteiger partial charge in [-0.2, -0.15) is 0 Å². The fourth-order valence-corrected chi connectivity index (χ4v) is 9.88. The lowest BCUT2D eigenvalue weighted by atomic mass is 9.46. The van der Waals surface area contributed by atoms with Gasteiger partial charge in [0.05, 0.1) is 19.3 Å². The van der Waals surface area contributed by atoms with Gasteiger partial charge in [0.2, 0.25) is 0 Å². The Balaban J connectivity index is 1.17. The largest absolute Gasteiger partial charge is 0.394 e. The first-order chi connectivity index (χ1) is 19.8. The van der Waals surface area contributed by atoms with Gasteiger partial charge < -0.3 is 35.0 Å². The van der Waals surface area contributed by atoms with E-state index in [0.29, 0.717) is 37.0 Å². The summed E-state index contributed by atoms with van der Waals surface area (Å²) >= 11 is 0. The molecule has 0 bridgehead atoms. The van der Waals surface area contributed by atoms with Gasteiger partial charge in [-0.05, 0) is 91.4 Å². The van der Waals surface area contributed by atoms with E-state index in [9.17, 15) is 35.1 Å². The predicted molar refractivity (Wildman–Crippen MR) is 154 cm³/mol. The lowest BCUT2D eigenvalue weighted by Crippen LogP contribution is -2.59. The van der Waals surface area contributed by atoms with Gasteiger partial charge >= 0.3 is 0 Å². The molecule has 3 saturated carbocycles. The summed E-state index contributed by atoms with van der Waals surface area (Å²) in [6.45, 7) is 8.27. The Hall–Kier alpha value is -1.20. The minimum Gasteiger partial charge on any atom is -0.394 e. The molecule has 0 spiro atoms. The summed E-state index contributed by atoms with van der Waals surface area (Å²) in [4.78, 5) is 25.7. The van der Waals surface area contributed by atoms with Crippen molar-refractivity contribution < 1.29 is 44.6 Å². The third-order valence-electron chi connectivity index (χ3n) is 12.4. The lowest BCUT2D eigenvalue weighted by molar-refractivity contribution is -0.303. The van der Waals surface area contributed by atoms with Crippen molar-refractivity contribution in [2.24, 2.45) is 46.3 Å². The van der Waals surface area contributed by atoms with Crippen LogP contribution in [-0.4, -0.2) is 87.1 Å². The second-order valence-electron chi connectivity index (χ2n) is 14.8. The summed E-state index contributed by atoms with van der Waals surface area (Å²) in [5.41, 5.74) is 1.33. The molecular weight excluding hydrogens is 540 g/mol. The van der Waals surface area contributed by atoms with Crippen molar-refractivity contribution in [2.45, 2.75) is 122 Å². The Kier molecular flexibility index (Phi) is 9.43. The first kappa shape index (κ1) is 32.2. The summed E-state index contributed by atoms with van der Waals surface area (Å²) in [6.07, 6.45) is 2.21. The highest BCUT2D eigenvalue weighted by atomic mass is 16.7. The Morgan fingerprint density at radius 3 is 2.50 bits per heavy atom. The molecule has 2 unspecified atom stereocenters. The highest BCUT2D eigenvalue weighted by Gasteiger charge is 2.62. The third-order valence-corrected chi connectivity index (χ3v) is 12.4. The van der Waals surface area contributed by atoms with Crippen LogP contribution in [0.4, 0.5) is 0 Å². The van der Waals surface area contributed by atoms with E-state index >= 15 is 0 Å². The van der Waals surface area contributed by atoms with Crippen LogP contribution < -0.4 is 0 Å². The number of hydrogen-bond donors (Lipinski definition) is 5. The minimum absolute atomic E-state index is 0.0339. The Labute approximate surface area is 249 Å². The predicted octanol–water partition coefficient (Wildman–Crippen LogP) is 2.54. The molecule has 1 aliphatic heterocycles. The van der Waals surface area contributed by atoms with Crippen LogP contribution in [0.2, 0.25) is 0 Å². The number of hydrogen-bond acceptors (Lipinski definition) is 9. The SMILES string of the molecule is CC(CCC(=O)[C@@H](C)[C@H]1C(O)C[C@H]2[C@@H]3CCC4=CC(=O)CC[C@]4(C)[C@H]3CC[C@]12C)CO[C@@H]1O[C@H](CO)[C@@H](O)[C@H](O)[C@H]1O. The topological polar surface area (TPSA) is 154 Å². The number of carbonyl (C=O) groups excluding carboxylic acids is 2. The van der Waals surface area contributed by atoms with E-state index in [0.717, 1.165) is 38.5 Å². The van der Waals surface area contributed by atoms with Gasteiger partial charge in [-0.15, -0.1) is 0 Å². The van der Waals surface area contributed by atoms with Gasteiger partial charge in [-0.3, -0.25) is 9.59 Å². The smallest absolute Gasteiger partial charge is 0.186 e. The number of aliphatic hydroxyl groups excluding tert-OH is 5. The monoisotopic (exact) mass is 592 g/mol. The molecule has 0 amide bonds. The highest BCUT2D eigenvalue weighted by molar-refractivity contribution is 5.91. The lowest BCUT2D eigenvalue weighted by Gasteiger charge is -2.58. The van der Waals surface area contributed by atoms with E-state index in [1.54, 1.807) is 0 Å². The molecule has 0 aromatic rings. The second-order valence-corrected chi connectivity index (χ2v) is 14.8. The summed E-state index contributed by atoms with van der Waals surface area (Å²) < 4.78 is 11.1. The normalized spacial score (nSPS) is 46.7. The van der Waals surface area contributed by atoms with Gasteiger partial charge in [0.25, 0.3) is 0 Å². The average molecular weight is 593 g/mol. The molecule has 1 heterocycles. The Bertz CT molecular complexity index is 1040. The molecule has 9 nitrogen and oxygen atoms in total. The standard InChI is InChI=1S/C33H52O9/c1-17(16-41-31-30(40)29(39)28(38)26(15-34)42-31)5-8-24(36)18(2)27-25(37)14-23-21-7-6-19-13-20(35)9-11-32(19,3)22(21)10-12-33(23,27)4/h13,17-18,21-23,25-31,34,37-40H,5-12,14-16H2,1-4H3/t17?,18-,21-,22+,23+,25?,26-,27+,28-,29+,30-,31-,32+,33+/m1/s1. The summed E-state index contributed by atoms with van der Waals surface area (Å²) in [7, 11) is 0. The fraction of sp³-hybridized carbons (Fsp3) is 0.879. The number of ketones is 2. The maximum Gasteiger partial charge on any atom is 0.186 e. The van der Waals surface area contributed by atoms with Gasteiger partial charge in [-0.1, -0.05) is 33.3 Å². The summed E-state index contributed by atoms with van der Waals surface area (Å²) in [6, 6.07) is 0. The molecule has 14 atom stereocenters. The van der Waals surface area contributed by atoms with Crippen LogP contribution in [0.25, 0.3) is 0 Å². The van der Waals surface area contributed by atoms with E-state index in [1.807, 2.05) is 19.9 Å². The first-order valence-electron chi connectivity index (χ1n) is 16.2. The molecule has 5 N–H and O–H groups in total. The molecule has 0 radical (unpaired) electrons. The van der Waals surface area contributed by atoms with Crippen molar-refractivity contribution in [2.75, 3.05) is 13.2 Å². The number of allylic oxidation sites excluding steroid dienone is 1. The van der Waals surface area contributed by atoms with Crippen molar-refractivity contribution in [1.29, 1.82) is 0 Å². The Morgan fingerprint density at radius 2 is 1.79 bits per heavy atom. The molecule has 42 heavy (non-hydrogen) atoms. The average Bonchev–Trinajstić information content (AvgIpc) is 3.24. The van der Waals surface area contributed by atoms with Crippen LogP contribution >= 0.6 is 0 Å². The van der Waals surface area contributed by atoms with Crippen LogP contribution in [0.15, 0.2) is 11.6 Å². The number of fused-ring (bicyclic) bond motifs is 5. The van der Waals surface area contributed by atoms with Gasteiger partial charge in [0, 0.05) is 18.8 Å². The Morgan fingerprint density at radius 1 is 1.05 bits per heavy atom. The van der Waals surface area contributed by atoms with Crippen LogP contribution in [0.1, 0.15) is 85.5 Å². The second kappa shape index (κ2) is 12.3. The number of Topliss-reactive ketones (excluding diaryl/α,β-unsaturated/α-hetero) is 1. The minimum atomic E-state index is -1.49. The number of aliphatic hydroxyl groups is 5. The highest BCUT2D eigenvalue weighted by Crippen LogP contribution is 2.67. The van der Waals surface area contributed by atoms with E-state index in [2.05, 4.69) is 13.8 Å². The van der Waals surface area contributed by atoms with E-state index in [-0.39, 0.29) is 46.8 Å². The zero-order valence-corrected chi connectivity index (χ0v) is 25.7. The maximum atomic E-state index is 13.5. The molecule has 238 valence electrons. The van der Waals surface area contributed by atoms with Crippen molar-refractivity contribution in [3.8, 4) is 0 Å². The van der Waals surface area contributed by atoms with Gasteiger partial charge in [-0.25, -0.2) is 0 Å². The third kappa shape index (κ3) is 5.57. The van der Waals surface area contributed by atoms with E-state index in [4.69, 9.17) is 9.47 Å². The zero-order valence-electron chi connectivity index (χ0n) is 25.7. The van der Waals surface area contributed by atoms with Crippen LogP contribution in [0, 0.1) is 46.3 Å². The number of rotatable bonds is 9. The van der Waals surface area contributed by atoms with Crippen molar-refractivity contribution in [1.82, 2.24) is 0 Å². The molecule has 0 aromatic heterocycles. The molecule has 4 aliphatic carbocycles. The van der Waals surface area contributed by atoms with E-state index in [1.165, 1.54) is 5.57 Å². The zero-order chi connectivity index (χ0) is 30.6. The fourth-order valence-electron chi connectivity index (χ4n) is 9.88. The molecule has 0 aromatic carbocycles. The quantitative estimate of drug-likeness (QED) is 0.272. The number of carbonyl (C=O) groups is 2. The molecule has 9 heteroatoms. The summed E-state index contributed by atoms with van der Waals surface area (Å²) in [5, 5.41) is 50.9. The van der Waals surface area contributed by atoms with Crippen molar-refractivity contribution in [3.05, 3.63) is 11.6 Å². The van der Waals surface area contributed by atoms with Crippen molar-refractivity contribution in [3.63, 3.8) is 0 Å². The molecule has 5 rings (SSSR count). The molecule has 1 saturated heterocycles. The van der Waals surface area contributed by atoms with Crippen LogP contribution in [0.3, 0.4) is 0 Å². The van der Waals surface area contributed by atoms with Gasteiger partial charge in [0.15, 0.2) is 12.1 Å². The first-order valence-corrected chi connectivity index (χ1v) is 16.2. The van der Waals surface area contributed by atoms with Crippen LogP contribution in [0.5, 0.6) is 0 Å². The van der Waals surface area contributed by atoms with Crippen molar-refractivity contribution >= 4 is 11.6 Å². The maximum absolute atomic E-state index is 13.5. The van der Waals surface area contributed by atoms with Gasteiger partial charge in [0.1, 0.15) is 30.2 Å². The molecule has 5 aliphatic rings. The van der Waals surface area contributed by atoms with E-state index < -0.39 is 43.4 Å². The van der Waals surface area contributed by atoms with Crippen LogP contribution in [-0.2, 0) is 19.1 Å². The number of ether oxygens (including phenoxy) is 2. The molecular formula is C33H52O9. The summed E-state index contributed by atoms with van der Waals surface area (Å²) in [5.74, 6) is 1.48. The molecule has 4 fully saturated rings.